The number of ether oxygens (including phenoxy) is 1. The summed E-state index contributed by atoms with van der Waals surface area (Å²) in [5, 5.41) is 9.59. The summed E-state index contributed by atoms with van der Waals surface area (Å²) in [4.78, 5) is 11.7. The van der Waals surface area contributed by atoms with E-state index in [-0.39, 0.29) is 27.1 Å². The van der Waals surface area contributed by atoms with Gasteiger partial charge in [-0.05, 0) is 41.6 Å². The van der Waals surface area contributed by atoms with Crippen LogP contribution in [0, 0.1) is 3.57 Å². The largest absolute Gasteiger partial charge is 0.461 e. The predicted molar refractivity (Wildman–Crippen MR) is 75.5 cm³/mol. The van der Waals surface area contributed by atoms with Gasteiger partial charge in [-0.3, -0.25) is 0 Å². The number of nitrogens with one attached hydrogen (secondary N) is 1. The molecule has 2 rings (SSSR count). The Morgan fingerprint density at radius 2 is 2.10 bits per heavy atom. The van der Waals surface area contributed by atoms with Crippen molar-refractivity contribution >= 4 is 28.6 Å². The number of halogens is 4. The molecule has 1 heterocycles. The van der Waals surface area contributed by atoms with Gasteiger partial charge in [-0.15, -0.1) is 5.10 Å². The third-order valence-electron chi connectivity index (χ3n) is 2.56. The summed E-state index contributed by atoms with van der Waals surface area (Å²) in [5.74, 6) is -0.742. The van der Waals surface area contributed by atoms with Crippen LogP contribution in [-0.4, -0.2) is 28.0 Å². The van der Waals surface area contributed by atoms with Gasteiger partial charge in [-0.1, -0.05) is 6.07 Å². The minimum absolute atomic E-state index is 0.0235. The van der Waals surface area contributed by atoms with Gasteiger partial charge in [0, 0.05) is 9.13 Å². The number of alkyl halides is 3. The lowest BCUT2D eigenvalue weighted by molar-refractivity contribution is -0.138. The molecule has 21 heavy (non-hydrogen) atoms. The van der Waals surface area contributed by atoms with Crippen LogP contribution in [0.5, 0.6) is 0 Å². The number of aromatic amines is 1. The SMILES string of the molecule is CCOC(=O)c1n[nH]nc1-c1ccc(I)c(C(F)(F)F)c1. The van der Waals surface area contributed by atoms with Crippen molar-refractivity contribution in [3.05, 3.63) is 33.0 Å². The number of carbonyl (C=O) groups excluding carboxylic acids is 1. The molecule has 0 saturated carbocycles. The second kappa shape index (κ2) is 6.00. The van der Waals surface area contributed by atoms with E-state index < -0.39 is 17.7 Å². The topological polar surface area (TPSA) is 67.9 Å². The van der Waals surface area contributed by atoms with E-state index in [0.717, 1.165) is 6.07 Å². The van der Waals surface area contributed by atoms with E-state index in [0.29, 0.717) is 0 Å². The zero-order valence-electron chi connectivity index (χ0n) is 10.7. The maximum absolute atomic E-state index is 12.9. The van der Waals surface area contributed by atoms with Gasteiger partial charge in [0.05, 0.1) is 12.2 Å². The lowest BCUT2D eigenvalue weighted by Gasteiger charge is -2.10. The molecule has 0 atom stereocenters. The number of hydrogen-bond donors (Lipinski definition) is 1. The Labute approximate surface area is 131 Å². The molecule has 1 N–H and O–H groups in total. The molecule has 5 nitrogen and oxygen atoms in total. The number of aromatic nitrogens is 3. The third-order valence-corrected chi connectivity index (χ3v) is 3.50. The first-order valence-corrected chi connectivity index (χ1v) is 6.87. The standard InChI is InChI=1S/C12H9F3IN3O2/c1-2-21-11(20)10-9(17-19-18-10)6-3-4-8(16)7(5-6)12(13,14)15/h3-5H,2H2,1H3,(H,17,18,19). The number of carbonyl (C=O) groups is 1. The predicted octanol–water partition coefficient (Wildman–Crippen LogP) is 3.27. The maximum Gasteiger partial charge on any atom is 0.417 e. The smallest absolute Gasteiger partial charge is 0.417 e. The normalized spacial score (nSPS) is 11.5. The Bertz CT molecular complexity index is 670. The van der Waals surface area contributed by atoms with Crippen LogP contribution in [0.1, 0.15) is 23.0 Å². The fourth-order valence-electron chi connectivity index (χ4n) is 1.66. The Morgan fingerprint density at radius 1 is 1.38 bits per heavy atom. The van der Waals surface area contributed by atoms with E-state index in [2.05, 4.69) is 15.4 Å². The Morgan fingerprint density at radius 3 is 2.71 bits per heavy atom. The molecule has 0 spiro atoms. The maximum atomic E-state index is 12.9. The second-order valence-corrected chi connectivity index (χ2v) is 5.10. The molecular formula is C12H9F3IN3O2. The van der Waals surface area contributed by atoms with E-state index >= 15 is 0 Å². The Hall–Kier alpha value is -1.65. The van der Waals surface area contributed by atoms with Crippen molar-refractivity contribution in [2.24, 2.45) is 0 Å². The molecule has 112 valence electrons. The summed E-state index contributed by atoms with van der Waals surface area (Å²) in [6, 6.07) is 3.68. The fourth-order valence-corrected chi connectivity index (χ4v) is 2.31. The highest BCUT2D eigenvalue weighted by molar-refractivity contribution is 14.1. The molecule has 1 aromatic carbocycles. The van der Waals surface area contributed by atoms with E-state index in [4.69, 9.17) is 4.74 Å². The van der Waals surface area contributed by atoms with Gasteiger partial charge in [0.1, 0.15) is 5.69 Å². The second-order valence-electron chi connectivity index (χ2n) is 3.93. The van der Waals surface area contributed by atoms with E-state index in [1.54, 1.807) is 29.5 Å². The summed E-state index contributed by atoms with van der Waals surface area (Å²) < 4.78 is 43.6. The molecule has 0 saturated heterocycles. The van der Waals surface area contributed by atoms with Crippen LogP contribution < -0.4 is 0 Å². The molecule has 0 amide bonds. The third kappa shape index (κ3) is 3.34. The number of H-pyrrole nitrogens is 1. The van der Waals surface area contributed by atoms with Crippen LogP contribution in [0.3, 0.4) is 0 Å². The molecule has 0 aliphatic rings. The Kier molecular flexibility index (Phi) is 4.49. The van der Waals surface area contributed by atoms with Gasteiger partial charge in [0.25, 0.3) is 0 Å². The van der Waals surface area contributed by atoms with E-state index in [1.165, 1.54) is 12.1 Å². The van der Waals surface area contributed by atoms with Gasteiger partial charge in [-0.2, -0.15) is 23.5 Å². The van der Waals surface area contributed by atoms with Crippen molar-refractivity contribution in [1.29, 1.82) is 0 Å². The highest BCUT2D eigenvalue weighted by Gasteiger charge is 2.33. The summed E-state index contributed by atoms with van der Waals surface area (Å²) in [5.41, 5.74) is -0.778. The van der Waals surface area contributed by atoms with Gasteiger partial charge in [0.15, 0.2) is 5.69 Å². The van der Waals surface area contributed by atoms with E-state index in [9.17, 15) is 18.0 Å². The molecule has 9 heteroatoms. The first-order chi connectivity index (χ1) is 9.84. The van der Waals surface area contributed by atoms with E-state index in [1.807, 2.05) is 0 Å². The van der Waals surface area contributed by atoms with Crippen LogP contribution >= 0.6 is 22.6 Å². The van der Waals surface area contributed by atoms with Crippen LogP contribution in [-0.2, 0) is 10.9 Å². The van der Waals surface area contributed by atoms with Gasteiger partial charge in [-0.25, -0.2) is 4.79 Å². The molecule has 0 unspecified atom stereocenters. The minimum atomic E-state index is -4.49. The van der Waals surface area contributed by atoms with Crippen LogP contribution in [0.15, 0.2) is 18.2 Å². The summed E-state index contributed by atoms with van der Waals surface area (Å²) in [6.07, 6.45) is -4.49. The monoisotopic (exact) mass is 411 g/mol. The van der Waals surface area contributed by atoms with Crippen molar-refractivity contribution in [3.63, 3.8) is 0 Å². The number of hydrogen-bond acceptors (Lipinski definition) is 4. The Balaban J connectivity index is 2.49. The summed E-state index contributed by atoms with van der Waals surface area (Å²) in [6.45, 7) is 1.75. The minimum Gasteiger partial charge on any atom is -0.461 e. The molecular weight excluding hydrogens is 402 g/mol. The number of esters is 1. The summed E-state index contributed by atoms with van der Waals surface area (Å²) in [7, 11) is 0. The fraction of sp³-hybridized carbons (Fsp3) is 0.250. The average molecular weight is 411 g/mol. The number of rotatable bonds is 3. The van der Waals surface area contributed by atoms with Gasteiger partial charge in [0.2, 0.25) is 0 Å². The highest BCUT2D eigenvalue weighted by atomic mass is 127. The molecule has 0 fully saturated rings. The van der Waals surface area contributed by atoms with Crippen LogP contribution in [0.2, 0.25) is 0 Å². The van der Waals surface area contributed by atoms with Gasteiger partial charge >= 0.3 is 12.1 Å². The van der Waals surface area contributed by atoms with Crippen molar-refractivity contribution in [2.75, 3.05) is 6.61 Å². The van der Waals surface area contributed by atoms with Crippen molar-refractivity contribution in [1.82, 2.24) is 15.4 Å². The molecule has 0 bridgehead atoms. The van der Waals surface area contributed by atoms with Crippen molar-refractivity contribution < 1.29 is 22.7 Å². The quantitative estimate of drug-likeness (QED) is 0.622. The zero-order valence-corrected chi connectivity index (χ0v) is 12.8. The van der Waals surface area contributed by atoms with Crippen LogP contribution in [0.4, 0.5) is 13.2 Å². The zero-order chi connectivity index (χ0) is 15.6. The molecule has 0 radical (unpaired) electrons. The lowest BCUT2D eigenvalue weighted by Crippen LogP contribution is -2.09. The first kappa shape index (κ1) is 15.7. The molecule has 0 aliphatic heterocycles. The lowest BCUT2D eigenvalue weighted by atomic mass is 10.1. The molecule has 1 aromatic heterocycles. The van der Waals surface area contributed by atoms with Crippen molar-refractivity contribution in [3.8, 4) is 11.3 Å². The molecule has 0 aliphatic carbocycles. The van der Waals surface area contributed by atoms with Crippen LogP contribution in [0.25, 0.3) is 11.3 Å². The van der Waals surface area contributed by atoms with Crippen molar-refractivity contribution in [2.45, 2.75) is 13.1 Å². The summed E-state index contributed by atoms with van der Waals surface area (Å²) >= 11 is 1.60. The average Bonchev–Trinajstić information content (AvgIpc) is 2.87. The van der Waals surface area contributed by atoms with Gasteiger partial charge < -0.3 is 4.74 Å². The number of benzene rings is 1. The number of nitrogens with zero attached hydrogens (tertiary/aromatic N) is 2. The highest BCUT2D eigenvalue weighted by Crippen LogP contribution is 2.35. The first-order valence-electron chi connectivity index (χ1n) is 5.79. The molecule has 2 aromatic rings.